The van der Waals surface area contributed by atoms with E-state index >= 15 is 0 Å². The first-order chi connectivity index (χ1) is 11.2. The monoisotopic (exact) mass is 404 g/mol. The Bertz CT molecular complexity index is 686. The van der Waals surface area contributed by atoms with Crippen LogP contribution in [0.25, 0.3) is 5.65 Å². The number of halogens is 2. The molecule has 0 unspecified atom stereocenters. The van der Waals surface area contributed by atoms with Crippen molar-refractivity contribution in [1.82, 2.24) is 19.6 Å². The Labute approximate surface area is 165 Å². The number of fused-ring (bicyclic) bond motifs is 1. The highest BCUT2D eigenvalue weighted by molar-refractivity contribution is 7.99. The number of aromatic nitrogens is 2. The smallest absolute Gasteiger partial charge is 0.232 e. The van der Waals surface area contributed by atoms with E-state index in [2.05, 4.69) is 40.1 Å². The molecule has 1 aliphatic rings. The summed E-state index contributed by atoms with van der Waals surface area (Å²) in [7, 11) is 1.99. The van der Waals surface area contributed by atoms with Gasteiger partial charge in [-0.3, -0.25) is 4.79 Å². The van der Waals surface area contributed by atoms with E-state index < -0.39 is 0 Å². The topological polar surface area (TPSA) is 49.6 Å². The number of imidazole rings is 1. The third-order valence-corrected chi connectivity index (χ3v) is 5.33. The van der Waals surface area contributed by atoms with Crippen LogP contribution in [0.1, 0.15) is 24.1 Å². The molecule has 0 spiro atoms. The number of likely N-dealkylation sites (tertiary alicyclic amines) is 1. The molecule has 3 heterocycles. The summed E-state index contributed by atoms with van der Waals surface area (Å²) >= 11 is 1.65. The lowest BCUT2D eigenvalue weighted by molar-refractivity contribution is -0.129. The zero-order valence-electron chi connectivity index (χ0n) is 14.6. The van der Waals surface area contributed by atoms with Crippen LogP contribution in [0.15, 0.2) is 24.5 Å². The summed E-state index contributed by atoms with van der Waals surface area (Å²) in [4.78, 5) is 18.8. The average molecular weight is 405 g/mol. The van der Waals surface area contributed by atoms with Gasteiger partial charge in [-0.25, -0.2) is 4.98 Å². The highest BCUT2D eigenvalue weighted by Crippen LogP contribution is 2.16. The average Bonchev–Trinajstić information content (AvgIpc) is 2.96. The van der Waals surface area contributed by atoms with E-state index in [1.807, 2.05) is 18.0 Å². The van der Waals surface area contributed by atoms with Crippen LogP contribution < -0.4 is 5.32 Å². The van der Waals surface area contributed by atoms with Gasteiger partial charge in [-0.1, -0.05) is 6.07 Å². The van der Waals surface area contributed by atoms with Crippen LogP contribution in [-0.4, -0.2) is 52.1 Å². The summed E-state index contributed by atoms with van der Waals surface area (Å²) in [5.74, 6) is 1.57. The highest BCUT2D eigenvalue weighted by atomic mass is 35.5. The van der Waals surface area contributed by atoms with E-state index in [0.29, 0.717) is 11.8 Å². The van der Waals surface area contributed by atoms with Crippen LogP contribution >= 0.6 is 36.6 Å². The van der Waals surface area contributed by atoms with Crippen LogP contribution in [0.2, 0.25) is 0 Å². The molecule has 0 aliphatic carbocycles. The van der Waals surface area contributed by atoms with Crippen LogP contribution in [0.3, 0.4) is 0 Å². The van der Waals surface area contributed by atoms with E-state index in [0.717, 1.165) is 43.0 Å². The third-order valence-electron chi connectivity index (χ3n) is 4.38. The van der Waals surface area contributed by atoms with Crippen LogP contribution in [0, 0.1) is 6.92 Å². The van der Waals surface area contributed by atoms with Crippen LogP contribution in [0.5, 0.6) is 0 Å². The van der Waals surface area contributed by atoms with E-state index in [1.165, 1.54) is 5.56 Å². The Morgan fingerprint density at radius 3 is 2.68 bits per heavy atom. The summed E-state index contributed by atoms with van der Waals surface area (Å²) in [5, 5.41) is 3.29. The molecule has 5 nitrogen and oxygen atoms in total. The molecule has 25 heavy (non-hydrogen) atoms. The van der Waals surface area contributed by atoms with Crippen molar-refractivity contribution in [3.05, 3.63) is 35.8 Å². The minimum absolute atomic E-state index is 0. The van der Waals surface area contributed by atoms with Gasteiger partial charge in [0.05, 0.1) is 11.4 Å². The van der Waals surface area contributed by atoms with Gasteiger partial charge >= 0.3 is 0 Å². The first kappa shape index (κ1) is 22.1. The Hall–Kier alpha value is -0.950. The van der Waals surface area contributed by atoms with Gasteiger partial charge in [0.2, 0.25) is 5.91 Å². The van der Waals surface area contributed by atoms with Gasteiger partial charge in [-0.15, -0.1) is 36.6 Å². The van der Waals surface area contributed by atoms with Crippen LogP contribution in [0.4, 0.5) is 0 Å². The summed E-state index contributed by atoms with van der Waals surface area (Å²) in [5.41, 5.74) is 3.21. The van der Waals surface area contributed by atoms with E-state index in [1.54, 1.807) is 11.8 Å². The second kappa shape index (κ2) is 10.3. The van der Waals surface area contributed by atoms with Gasteiger partial charge in [0, 0.05) is 37.3 Å². The predicted molar refractivity (Wildman–Crippen MR) is 109 cm³/mol. The molecule has 0 radical (unpaired) electrons. The molecule has 2 aromatic heterocycles. The Morgan fingerprint density at radius 1 is 1.28 bits per heavy atom. The second-order valence-electron chi connectivity index (χ2n) is 6.14. The highest BCUT2D eigenvalue weighted by Gasteiger charge is 2.21. The van der Waals surface area contributed by atoms with Crippen molar-refractivity contribution in [2.75, 3.05) is 25.9 Å². The molecule has 0 aromatic carbocycles. The maximum atomic E-state index is 12.3. The van der Waals surface area contributed by atoms with Gasteiger partial charge in [0.25, 0.3) is 0 Å². The lowest BCUT2D eigenvalue weighted by Gasteiger charge is -2.31. The maximum absolute atomic E-state index is 12.3. The Morgan fingerprint density at radius 2 is 2.00 bits per heavy atom. The number of nitrogens with one attached hydrogen (secondary N) is 1. The molecule has 0 saturated carbocycles. The third kappa shape index (κ3) is 5.78. The summed E-state index contributed by atoms with van der Waals surface area (Å²) in [6.07, 6.45) is 6.24. The van der Waals surface area contributed by atoms with Gasteiger partial charge < -0.3 is 14.6 Å². The fourth-order valence-electron chi connectivity index (χ4n) is 2.98. The number of aryl methyl sites for hydroxylation is 1. The van der Waals surface area contributed by atoms with Crippen molar-refractivity contribution in [2.45, 2.75) is 31.6 Å². The van der Waals surface area contributed by atoms with Crippen molar-refractivity contribution in [3.8, 4) is 0 Å². The normalized spacial score (nSPS) is 14.9. The Balaban J connectivity index is 0.00000156. The largest absolute Gasteiger partial charge is 0.342 e. The molecule has 140 valence electrons. The van der Waals surface area contributed by atoms with E-state index in [4.69, 9.17) is 0 Å². The molecule has 1 fully saturated rings. The zero-order valence-corrected chi connectivity index (χ0v) is 17.1. The Kier molecular flexibility index (Phi) is 9.07. The molecular formula is C17H26Cl2N4OS. The first-order valence-electron chi connectivity index (χ1n) is 8.13. The molecule has 1 amide bonds. The number of pyridine rings is 1. The molecule has 1 saturated heterocycles. The van der Waals surface area contributed by atoms with Crippen molar-refractivity contribution in [2.24, 2.45) is 0 Å². The van der Waals surface area contributed by atoms with Crippen molar-refractivity contribution < 1.29 is 4.79 Å². The molecule has 2 aromatic rings. The number of piperidine rings is 1. The maximum Gasteiger partial charge on any atom is 0.232 e. The van der Waals surface area contributed by atoms with Gasteiger partial charge in [0.15, 0.2) is 0 Å². The number of nitrogens with zero attached hydrogens (tertiary/aromatic N) is 3. The molecule has 1 N–H and O–H groups in total. The number of amides is 1. The zero-order chi connectivity index (χ0) is 16.2. The molecule has 1 aliphatic heterocycles. The van der Waals surface area contributed by atoms with Crippen molar-refractivity contribution >= 4 is 48.1 Å². The molecule has 8 heteroatoms. The molecular weight excluding hydrogens is 379 g/mol. The van der Waals surface area contributed by atoms with E-state index in [9.17, 15) is 4.79 Å². The molecule has 0 bridgehead atoms. The summed E-state index contributed by atoms with van der Waals surface area (Å²) in [6, 6.07) is 4.66. The minimum atomic E-state index is 0. The number of carbonyl (C=O) groups is 1. The number of carbonyl (C=O) groups excluding carboxylic acids is 1. The summed E-state index contributed by atoms with van der Waals surface area (Å²) in [6.45, 7) is 3.82. The first-order valence-corrected chi connectivity index (χ1v) is 9.28. The standard InChI is InChI=1S/C17H24N4OS.2ClH/c1-13-3-4-16-19-15(10-21(16)9-13)11-23-12-17(22)20-7-5-14(18-2)6-8-20;;/h3-4,9-10,14,18H,5-8,11-12H2,1-2H3;2*1H. The van der Waals surface area contributed by atoms with Gasteiger partial charge in [-0.2, -0.15) is 0 Å². The number of rotatable bonds is 5. The molecule has 0 atom stereocenters. The quantitative estimate of drug-likeness (QED) is 0.831. The lowest BCUT2D eigenvalue weighted by atomic mass is 10.1. The second-order valence-corrected chi connectivity index (χ2v) is 7.13. The van der Waals surface area contributed by atoms with Crippen molar-refractivity contribution in [1.29, 1.82) is 0 Å². The number of hydrogen-bond donors (Lipinski definition) is 1. The van der Waals surface area contributed by atoms with Gasteiger partial charge in [0.1, 0.15) is 5.65 Å². The van der Waals surface area contributed by atoms with Crippen LogP contribution in [-0.2, 0) is 10.5 Å². The molecule has 3 rings (SSSR count). The fraction of sp³-hybridized carbons (Fsp3) is 0.529. The predicted octanol–water partition coefficient (Wildman–Crippen LogP) is 2.93. The van der Waals surface area contributed by atoms with Crippen molar-refractivity contribution in [3.63, 3.8) is 0 Å². The fourth-order valence-corrected chi connectivity index (χ4v) is 3.78. The summed E-state index contributed by atoms with van der Waals surface area (Å²) < 4.78 is 2.05. The van der Waals surface area contributed by atoms with Gasteiger partial charge in [-0.05, 0) is 38.4 Å². The van der Waals surface area contributed by atoms with E-state index in [-0.39, 0.29) is 30.7 Å². The minimum Gasteiger partial charge on any atom is -0.342 e. The number of thioether (sulfide) groups is 1. The number of hydrogen-bond acceptors (Lipinski definition) is 4. The lowest BCUT2D eigenvalue weighted by Crippen LogP contribution is -2.44. The SMILES string of the molecule is CNC1CCN(C(=O)CSCc2cn3cc(C)ccc3n2)CC1.Cl.Cl.